The van der Waals surface area contributed by atoms with Crippen LogP contribution in [0.4, 0.5) is 4.39 Å². The largest absolute Gasteiger partial charge is 0.310 e. The molecular formula is C17H18BrFIN. The summed E-state index contributed by atoms with van der Waals surface area (Å²) in [5, 5.41) is 3.52. The third-order valence-electron chi connectivity index (χ3n) is 3.34. The van der Waals surface area contributed by atoms with Gasteiger partial charge in [0.25, 0.3) is 0 Å². The first-order chi connectivity index (χ1) is 10.1. The maximum Gasteiger partial charge on any atom is 0.126 e. The topological polar surface area (TPSA) is 12.0 Å². The zero-order valence-electron chi connectivity index (χ0n) is 11.9. The van der Waals surface area contributed by atoms with Crippen LogP contribution in [-0.4, -0.2) is 6.54 Å². The van der Waals surface area contributed by atoms with Crippen LogP contribution >= 0.6 is 38.5 Å². The van der Waals surface area contributed by atoms with Gasteiger partial charge in [0.1, 0.15) is 5.82 Å². The molecule has 0 aliphatic heterocycles. The molecule has 1 N–H and O–H groups in total. The van der Waals surface area contributed by atoms with Gasteiger partial charge in [-0.05, 0) is 83.4 Å². The third kappa shape index (κ3) is 5.04. The Morgan fingerprint density at radius 3 is 2.57 bits per heavy atom. The van der Waals surface area contributed by atoms with E-state index in [1.165, 1.54) is 15.2 Å². The van der Waals surface area contributed by atoms with Crippen LogP contribution in [0.3, 0.4) is 0 Å². The van der Waals surface area contributed by atoms with Crippen molar-refractivity contribution in [3.63, 3.8) is 0 Å². The van der Waals surface area contributed by atoms with Crippen molar-refractivity contribution >= 4 is 38.5 Å². The molecule has 2 aromatic carbocycles. The van der Waals surface area contributed by atoms with Crippen molar-refractivity contribution in [1.29, 1.82) is 0 Å². The van der Waals surface area contributed by atoms with E-state index in [9.17, 15) is 4.39 Å². The fraction of sp³-hybridized carbons (Fsp3) is 0.294. The minimum absolute atomic E-state index is 0.130. The van der Waals surface area contributed by atoms with Gasteiger partial charge < -0.3 is 5.32 Å². The van der Waals surface area contributed by atoms with Gasteiger partial charge in [-0.3, -0.25) is 0 Å². The van der Waals surface area contributed by atoms with Gasteiger partial charge in [-0.15, -0.1) is 0 Å². The monoisotopic (exact) mass is 461 g/mol. The zero-order chi connectivity index (χ0) is 15.2. The quantitative estimate of drug-likeness (QED) is 0.562. The summed E-state index contributed by atoms with van der Waals surface area (Å²) in [6.07, 6.45) is 1.70. The van der Waals surface area contributed by atoms with E-state index in [1.54, 1.807) is 6.07 Å². The maximum atomic E-state index is 14.0. The van der Waals surface area contributed by atoms with Crippen molar-refractivity contribution in [2.75, 3.05) is 6.54 Å². The minimum atomic E-state index is -0.146. The van der Waals surface area contributed by atoms with Crippen LogP contribution in [0.25, 0.3) is 0 Å². The molecule has 0 amide bonds. The van der Waals surface area contributed by atoms with E-state index in [-0.39, 0.29) is 11.9 Å². The van der Waals surface area contributed by atoms with Crippen molar-refractivity contribution in [3.8, 4) is 0 Å². The lowest BCUT2D eigenvalue weighted by atomic mass is 9.98. The molecule has 0 aliphatic rings. The molecular weight excluding hydrogens is 444 g/mol. The second-order valence-corrected chi connectivity index (χ2v) is 7.16. The average Bonchev–Trinajstić information content (AvgIpc) is 2.48. The molecule has 1 nitrogen and oxygen atoms in total. The summed E-state index contributed by atoms with van der Waals surface area (Å²) in [6.45, 7) is 3.06. The van der Waals surface area contributed by atoms with Crippen molar-refractivity contribution in [1.82, 2.24) is 5.32 Å². The van der Waals surface area contributed by atoms with Gasteiger partial charge in [-0.2, -0.15) is 0 Å². The highest BCUT2D eigenvalue weighted by molar-refractivity contribution is 14.1. The molecule has 2 aromatic rings. The van der Waals surface area contributed by atoms with Gasteiger partial charge in [0.15, 0.2) is 0 Å². The molecule has 0 radical (unpaired) electrons. The highest BCUT2D eigenvalue weighted by Gasteiger charge is 2.14. The molecule has 0 aliphatic carbocycles. The SMILES string of the molecule is CCCNC(Cc1cc(Br)ccc1F)c1ccc(I)cc1. The normalized spacial score (nSPS) is 12.4. The van der Waals surface area contributed by atoms with Crippen LogP contribution in [0.15, 0.2) is 46.9 Å². The lowest BCUT2D eigenvalue weighted by molar-refractivity contribution is 0.513. The van der Waals surface area contributed by atoms with E-state index < -0.39 is 0 Å². The Hall–Kier alpha value is -0.460. The summed E-state index contributed by atoms with van der Waals surface area (Å²) in [5.41, 5.74) is 1.93. The predicted molar refractivity (Wildman–Crippen MR) is 98.0 cm³/mol. The fourth-order valence-electron chi connectivity index (χ4n) is 2.24. The molecule has 1 atom stereocenters. The van der Waals surface area contributed by atoms with Crippen LogP contribution in [0.1, 0.15) is 30.5 Å². The lowest BCUT2D eigenvalue weighted by Gasteiger charge is -2.20. The van der Waals surface area contributed by atoms with Crippen molar-refractivity contribution < 1.29 is 4.39 Å². The molecule has 21 heavy (non-hydrogen) atoms. The van der Waals surface area contributed by atoms with E-state index in [2.05, 4.69) is 75.0 Å². The van der Waals surface area contributed by atoms with Crippen LogP contribution in [0.5, 0.6) is 0 Å². The predicted octanol–water partition coefficient (Wildman–Crippen LogP) is 5.48. The summed E-state index contributed by atoms with van der Waals surface area (Å²) >= 11 is 5.71. The average molecular weight is 462 g/mol. The molecule has 0 fully saturated rings. The lowest BCUT2D eigenvalue weighted by Crippen LogP contribution is -2.24. The minimum Gasteiger partial charge on any atom is -0.310 e. The Morgan fingerprint density at radius 1 is 1.19 bits per heavy atom. The van der Waals surface area contributed by atoms with Crippen LogP contribution in [0, 0.1) is 9.39 Å². The first-order valence-corrected chi connectivity index (χ1v) is 8.90. The van der Waals surface area contributed by atoms with E-state index in [1.807, 2.05) is 6.07 Å². The Kier molecular flexibility index (Phi) is 6.64. The van der Waals surface area contributed by atoms with Gasteiger partial charge in [0.2, 0.25) is 0 Å². The summed E-state index contributed by atoms with van der Waals surface area (Å²) in [5.74, 6) is -0.146. The summed E-state index contributed by atoms with van der Waals surface area (Å²) in [6, 6.07) is 13.7. The van der Waals surface area contributed by atoms with Gasteiger partial charge >= 0.3 is 0 Å². The fourth-order valence-corrected chi connectivity index (χ4v) is 3.01. The van der Waals surface area contributed by atoms with Crippen molar-refractivity contribution in [3.05, 3.63) is 67.5 Å². The van der Waals surface area contributed by atoms with E-state index in [4.69, 9.17) is 0 Å². The first-order valence-electron chi connectivity index (χ1n) is 7.03. The Bertz CT molecular complexity index is 586. The van der Waals surface area contributed by atoms with E-state index >= 15 is 0 Å². The number of hydrogen-bond acceptors (Lipinski definition) is 1. The Labute approximate surface area is 147 Å². The maximum absolute atomic E-state index is 14.0. The smallest absolute Gasteiger partial charge is 0.126 e. The number of halogens is 3. The highest BCUT2D eigenvalue weighted by Crippen LogP contribution is 2.23. The van der Waals surface area contributed by atoms with Crippen LogP contribution in [0.2, 0.25) is 0 Å². The van der Waals surface area contributed by atoms with Crippen LogP contribution in [-0.2, 0) is 6.42 Å². The number of rotatable bonds is 6. The first kappa shape index (κ1) is 16.9. The number of benzene rings is 2. The van der Waals surface area contributed by atoms with E-state index in [0.717, 1.165) is 23.0 Å². The van der Waals surface area contributed by atoms with Gasteiger partial charge in [-0.25, -0.2) is 4.39 Å². The van der Waals surface area contributed by atoms with Gasteiger partial charge in [0, 0.05) is 14.1 Å². The molecule has 0 saturated carbocycles. The zero-order valence-corrected chi connectivity index (χ0v) is 15.6. The summed E-state index contributed by atoms with van der Waals surface area (Å²) in [4.78, 5) is 0. The second kappa shape index (κ2) is 8.25. The molecule has 0 spiro atoms. The highest BCUT2D eigenvalue weighted by atomic mass is 127. The molecule has 0 heterocycles. The molecule has 4 heteroatoms. The summed E-state index contributed by atoms with van der Waals surface area (Å²) < 4.78 is 16.1. The van der Waals surface area contributed by atoms with E-state index in [0.29, 0.717) is 6.42 Å². The van der Waals surface area contributed by atoms with Crippen molar-refractivity contribution in [2.24, 2.45) is 0 Å². The third-order valence-corrected chi connectivity index (χ3v) is 4.56. The molecule has 1 unspecified atom stereocenters. The molecule has 0 bridgehead atoms. The second-order valence-electron chi connectivity index (χ2n) is 5.00. The van der Waals surface area contributed by atoms with Crippen molar-refractivity contribution in [2.45, 2.75) is 25.8 Å². The molecule has 0 aromatic heterocycles. The standard InChI is InChI=1S/C17H18BrFIN/c1-2-9-21-17(12-3-6-15(20)7-4-12)11-13-10-14(18)5-8-16(13)19/h3-8,10,17,21H,2,9,11H2,1H3. The van der Waals surface area contributed by atoms with Gasteiger partial charge in [-0.1, -0.05) is 35.0 Å². The number of nitrogens with one attached hydrogen (secondary N) is 1. The number of hydrogen-bond donors (Lipinski definition) is 1. The molecule has 0 saturated heterocycles. The van der Waals surface area contributed by atoms with Gasteiger partial charge in [0.05, 0.1) is 0 Å². The Balaban J connectivity index is 2.23. The van der Waals surface area contributed by atoms with Crippen LogP contribution < -0.4 is 5.32 Å². The Morgan fingerprint density at radius 2 is 1.90 bits per heavy atom. The molecule has 112 valence electrons. The summed E-state index contributed by atoms with van der Waals surface area (Å²) in [7, 11) is 0. The molecule has 2 rings (SSSR count).